The van der Waals surface area contributed by atoms with Gasteiger partial charge in [-0.05, 0) is 51.5 Å². The van der Waals surface area contributed by atoms with Gasteiger partial charge in [0.25, 0.3) is 11.8 Å². The highest BCUT2D eigenvalue weighted by atomic mass is 16.4. The number of hydrogen-bond acceptors (Lipinski definition) is 8. The molecule has 0 aromatic carbocycles. The van der Waals surface area contributed by atoms with Crippen LogP contribution in [0.5, 0.6) is 0 Å². The number of nitrogens with one attached hydrogen (secondary N) is 2. The lowest BCUT2D eigenvalue weighted by Crippen LogP contribution is -2.60. The summed E-state index contributed by atoms with van der Waals surface area (Å²) in [6.45, 7) is 4.54. The molecule has 312 valence electrons. The van der Waals surface area contributed by atoms with Crippen molar-refractivity contribution in [1.82, 2.24) is 15.5 Å². The van der Waals surface area contributed by atoms with Gasteiger partial charge in [-0.1, -0.05) is 117 Å². The van der Waals surface area contributed by atoms with E-state index < -0.39 is 85.3 Å². The Morgan fingerprint density at radius 1 is 0.481 bits per heavy atom. The van der Waals surface area contributed by atoms with Crippen LogP contribution in [0, 0.1) is 0 Å². The second-order valence-electron chi connectivity index (χ2n) is 14.4. The smallest absolute Gasteiger partial charge is 0.326 e. The number of carboxylic acids is 3. The first-order valence-electron chi connectivity index (χ1n) is 20.7. The van der Waals surface area contributed by atoms with Gasteiger partial charge in [0.05, 0.1) is 0 Å². The highest BCUT2D eigenvalue weighted by molar-refractivity contribution is 6.05. The summed E-state index contributed by atoms with van der Waals surface area (Å²) in [5, 5.41) is 34.2. The van der Waals surface area contributed by atoms with E-state index in [-0.39, 0.29) is 32.2 Å². The second-order valence-corrected chi connectivity index (χ2v) is 14.4. The average Bonchev–Trinajstić information content (AvgIpc) is 3.12. The lowest BCUT2D eigenvalue weighted by Gasteiger charge is -2.33. The minimum Gasteiger partial charge on any atom is -0.481 e. The molecule has 0 aromatic rings. The Bertz CT molecular complexity index is 1030. The van der Waals surface area contributed by atoms with Gasteiger partial charge >= 0.3 is 17.9 Å². The molecule has 0 aromatic heterocycles. The largest absolute Gasteiger partial charge is 0.481 e. The van der Waals surface area contributed by atoms with Crippen LogP contribution in [0.1, 0.15) is 187 Å². The van der Waals surface area contributed by atoms with Crippen molar-refractivity contribution in [3.63, 3.8) is 0 Å². The van der Waals surface area contributed by atoms with Gasteiger partial charge in [0, 0.05) is 25.7 Å². The minimum absolute atomic E-state index is 0.0512. The predicted molar refractivity (Wildman–Crippen MR) is 207 cm³/mol. The van der Waals surface area contributed by atoms with Crippen molar-refractivity contribution in [2.24, 2.45) is 5.73 Å². The molecule has 0 bridgehead atoms. The molecular weight excluding hydrogens is 696 g/mol. The third kappa shape index (κ3) is 25.5. The summed E-state index contributed by atoms with van der Waals surface area (Å²) in [6.07, 6.45) is 16.9. The lowest BCUT2D eigenvalue weighted by atomic mass is 10.0. The molecule has 0 saturated carbocycles. The highest BCUT2D eigenvalue weighted by Crippen LogP contribution is 2.19. The van der Waals surface area contributed by atoms with Crippen molar-refractivity contribution in [3.05, 3.63) is 0 Å². The Kier molecular flexibility index (Phi) is 30.7. The maximum atomic E-state index is 14.2. The molecule has 0 saturated heterocycles. The fourth-order valence-electron chi connectivity index (χ4n) is 6.37. The van der Waals surface area contributed by atoms with E-state index in [1.165, 1.54) is 51.4 Å². The minimum atomic E-state index is -1.74. The van der Waals surface area contributed by atoms with Crippen LogP contribution in [0.3, 0.4) is 0 Å². The van der Waals surface area contributed by atoms with Gasteiger partial charge in [0.2, 0.25) is 11.8 Å². The van der Waals surface area contributed by atoms with Crippen molar-refractivity contribution >= 4 is 41.5 Å². The zero-order valence-electron chi connectivity index (χ0n) is 33.3. The van der Waals surface area contributed by atoms with E-state index in [1.807, 2.05) is 0 Å². The number of imide groups is 1. The molecule has 0 aliphatic rings. The van der Waals surface area contributed by atoms with Crippen LogP contribution in [-0.4, -0.2) is 86.4 Å². The van der Waals surface area contributed by atoms with E-state index >= 15 is 0 Å². The molecule has 14 heteroatoms. The van der Waals surface area contributed by atoms with Gasteiger partial charge in [0.15, 0.2) is 0 Å². The third-order valence-corrected chi connectivity index (χ3v) is 9.58. The van der Waals surface area contributed by atoms with Crippen molar-refractivity contribution in [2.75, 3.05) is 6.54 Å². The van der Waals surface area contributed by atoms with Crippen LogP contribution >= 0.6 is 0 Å². The first-order chi connectivity index (χ1) is 25.9. The van der Waals surface area contributed by atoms with Crippen molar-refractivity contribution in [3.8, 4) is 0 Å². The fraction of sp³-hybridized carbons (Fsp3) is 0.825. The van der Waals surface area contributed by atoms with Gasteiger partial charge < -0.3 is 31.7 Å². The van der Waals surface area contributed by atoms with Gasteiger partial charge in [-0.2, -0.15) is 0 Å². The van der Waals surface area contributed by atoms with Crippen LogP contribution in [-0.2, 0) is 33.6 Å². The zero-order chi connectivity index (χ0) is 40.6. The molecule has 0 rings (SSSR count). The number of rotatable bonds is 36. The van der Waals surface area contributed by atoms with Crippen LogP contribution in [0.15, 0.2) is 0 Å². The number of nitrogens with two attached hydrogens (primary N) is 1. The normalized spacial score (nSPS) is 12.7. The predicted octanol–water partition coefficient (Wildman–Crippen LogP) is 6.46. The highest BCUT2D eigenvalue weighted by Gasteiger charge is 2.41. The molecule has 0 radical (unpaired) electrons. The third-order valence-electron chi connectivity index (χ3n) is 9.58. The Balaban J connectivity index is 6.01. The molecule has 3 atom stereocenters. The summed E-state index contributed by atoms with van der Waals surface area (Å²) in [6, 6.07) is -4.84. The first-order valence-corrected chi connectivity index (χ1v) is 20.7. The Hall–Kier alpha value is -3.55. The van der Waals surface area contributed by atoms with Gasteiger partial charge in [0.1, 0.15) is 18.1 Å². The Morgan fingerprint density at radius 2 is 0.833 bits per heavy atom. The van der Waals surface area contributed by atoms with E-state index in [1.54, 1.807) is 0 Å². The van der Waals surface area contributed by atoms with Crippen LogP contribution in [0.4, 0.5) is 0 Å². The molecule has 0 aliphatic heterocycles. The van der Waals surface area contributed by atoms with Crippen LogP contribution in [0.25, 0.3) is 0 Å². The van der Waals surface area contributed by atoms with E-state index in [0.29, 0.717) is 24.2 Å². The van der Waals surface area contributed by atoms with E-state index in [4.69, 9.17) is 5.73 Å². The van der Waals surface area contributed by atoms with Crippen molar-refractivity contribution < 1.29 is 48.9 Å². The second kappa shape index (κ2) is 32.8. The molecule has 0 aliphatic carbocycles. The van der Waals surface area contributed by atoms with Crippen LogP contribution in [0.2, 0.25) is 0 Å². The SMILES string of the molecule is CCCCCCCCCCCC(=O)N[C@@H](CCC(=O)O)C(=O)N(C(=O)[C@H](CCC(=O)O)NC(=O)CCCCCCCCCCC)[C@@H](CCCCN)C(=O)O. The number of unbranched alkanes of at least 4 members (excludes halogenated alkanes) is 17. The standard InChI is InChI=1S/C40H72N4O10/c1-3-5-7-9-11-13-15-17-19-24-34(45)42-31(26-28-36(47)48)38(51)44(33(40(53)54)23-21-22-30-41)39(52)32(27-29-37(49)50)43-35(46)25-20-18-16-14-12-10-8-6-4-2/h31-33H,3-30,41H2,1-2H3,(H,42,45)(H,43,46)(H,47,48)(H,49,50)(H,53,54)/t31-,32-,33-/m0/s1. The summed E-state index contributed by atoms with van der Waals surface area (Å²) >= 11 is 0. The van der Waals surface area contributed by atoms with Gasteiger partial charge in [-0.25, -0.2) is 4.79 Å². The number of carboxylic acid groups (broad SMARTS) is 3. The molecule has 7 N–H and O–H groups in total. The molecule has 54 heavy (non-hydrogen) atoms. The molecule has 0 spiro atoms. The quantitative estimate of drug-likeness (QED) is 0.0378. The maximum Gasteiger partial charge on any atom is 0.326 e. The Labute approximate surface area is 323 Å². The number of amides is 4. The number of carbonyl (C=O) groups is 7. The van der Waals surface area contributed by atoms with E-state index in [2.05, 4.69) is 24.5 Å². The zero-order valence-corrected chi connectivity index (χ0v) is 33.3. The van der Waals surface area contributed by atoms with Crippen molar-refractivity contribution in [1.29, 1.82) is 0 Å². The number of hydrogen-bond donors (Lipinski definition) is 6. The summed E-state index contributed by atoms with van der Waals surface area (Å²) in [7, 11) is 0. The Morgan fingerprint density at radius 3 is 1.15 bits per heavy atom. The maximum absolute atomic E-state index is 14.2. The summed E-state index contributed by atoms with van der Waals surface area (Å²) in [5.74, 6) is -7.39. The van der Waals surface area contributed by atoms with E-state index in [0.717, 1.165) is 51.4 Å². The average molecular weight is 769 g/mol. The number of carbonyl (C=O) groups excluding carboxylic acids is 4. The number of aliphatic carboxylic acids is 3. The first kappa shape index (κ1) is 50.5. The molecule has 14 nitrogen and oxygen atoms in total. The fourth-order valence-corrected chi connectivity index (χ4v) is 6.37. The van der Waals surface area contributed by atoms with Crippen LogP contribution < -0.4 is 16.4 Å². The van der Waals surface area contributed by atoms with Gasteiger partial charge in [-0.3, -0.25) is 33.7 Å². The molecule has 0 unspecified atom stereocenters. The van der Waals surface area contributed by atoms with Gasteiger partial charge in [-0.15, -0.1) is 0 Å². The summed E-state index contributed by atoms with van der Waals surface area (Å²) in [5.41, 5.74) is 5.61. The van der Waals surface area contributed by atoms with E-state index in [9.17, 15) is 48.9 Å². The van der Waals surface area contributed by atoms with Crippen molar-refractivity contribution in [2.45, 2.75) is 205 Å². The number of nitrogens with zero attached hydrogens (tertiary/aromatic N) is 1. The molecular formula is C40H72N4O10. The molecule has 4 amide bonds. The molecule has 0 heterocycles. The summed E-state index contributed by atoms with van der Waals surface area (Å²) < 4.78 is 0. The lowest BCUT2D eigenvalue weighted by molar-refractivity contribution is -0.161. The topological polar surface area (TPSA) is 233 Å². The summed E-state index contributed by atoms with van der Waals surface area (Å²) in [4.78, 5) is 90.7. The molecule has 0 fully saturated rings. The monoisotopic (exact) mass is 769 g/mol.